The highest BCUT2D eigenvalue weighted by atomic mass is 32.1. The van der Waals surface area contributed by atoms with Gasteiger partial charge in [-0.1, -0.05) is 0 Å². The Labute approximate surface area is 111 Å². The Morgan fingerprint density at radius 1 is 1.39 bits per heavy atom. The summed E-state index contributed by atoms with van der Waals surface area (Å²) in [5, 5.41) is 1.04. The van der Waals surface area contributed by atoms with E-state index in [2.05, 4.69) is 4.98 Å². The van der Waals surface area contributed by atoms with Crippen molar-refractivity contribution >= 4 is 11.3 Å². The molecule has 102 valence electrons. The summed E-state index contributed by atoms with van der Waals surface area (Å²) in [5.74, 6) is -2.25. The van der Waals surface area contributed by atoms with Crippen molar-refractivity contribution in [2.75, 3.05) is 0 Å². The molecule has 1 unspecified atom stereocenters. The van der Waals surface area contributed by atoms with Gasteiger partial charge in [-0.3, -0.25) is 0 Å². The summed E-state index contributed by atoms with van der Waals surface area (Å²) in [6, 6.07) is -0.0361. The van der Waals surface area contributed by atoms with Crippen LogP contribution in [0.25, 0.3) is 0 Å². The van der Waals surface area contributed by atoms with Gasteiger partial charge in [-0.05, 0) is 32.6 Å². The van der Waals surface area contributed by atoms with Gasteiger partial charge in [0.1, 0.15) is 0 Å². The number of thiazole rings is 1. The van der Waals surface area contributed by atoms with Crippen LogP contribution in [0.1, 0.15) is 41.3 Å². The molecule has 1 heterocycles. The van der Waals surface area contributed by atoms with Gasteiger partial charge in [0.05, 0.1) is 10.7 Å². The SMILES string of the molecule is Cc1nc(CC(N)C2CCC(F)(F)CC2)sc1C. The average molecular weight is 274 g/mol. The number of aromatic nitrogens is 1. The Morgan fingerprint density at radius 2 is 2.00 bits per heavy atom. The van der Waals surface area contributed by atoms with Crippen molar-refractivity contribution in [2.24, 2.45) is 11.7 Å². The van der Waals surface area contributed by atoms with E-state index in [4.69, 9.17) is 5.73 Å². The van der Waals surface area contributed by atoms with Crippen molar-refractivity contribution in [2.45, 2.75) is 57.9 Å². The number of rotatable bonds is 3. The highest BCUT2D eigenvalue weighted by Gasteiger charge is 2.36. The zero-order valence-corrected chi connectivity index (χ0v) is 11.7. The highest BCUT2D eigenvalue weighted by molar-refractivity contribution is 7.11. The minimum atomic E-state index is -2.47. The molecular weight excluding hydrogens is 254 g/mol. The maximum atomic E-state index is 13.1. The molecule has 1 fully saturated rings. The predicted molar refractivity (Wildman–Crippen MR) is 70.2 cm³/mol. The third kappa shape index (κ3) is 3.26. The normalized spacial score (nSPS) is 22.1. The van der Waals surface area contributed by atoms with E-state index in [0.29, 0.717) is 12.8 Å². The molecule has 1 aliphatic carbocycles. The van der Waals surface area contributed by atoms with Gasteiger partial charge in [0.2, 0.25) is 5.92 Å². The van der Waals surface area contributed by atoms with Crippen molar-refractivity contribution in [3.63, 3.8) is 0 Å². The number of halogens is 2. The molecule has 2 nitrogen and oxygen atoms in total. The second kappa shape index (κ2) is 5.21. The van der Waals surface area contributed by atoms with E-state index in [1.165, 1.54) is 4.88 Å². The lowest BCUT2D eigenvalue weighted by atomic mass is 9.81. The van der Waals surface area contributed by atoms with E-state index in [9.17, 15) is 8.78 Å². The molecule has 0 spiro atoms. The van der Waals surface area contributed by atoms with Crippen molar-refractivity contribution in [1.29, 1.82) is 0 Å². The predicted octanol–water partition coefficient (Wildman–Crippen LogP) is 3.46. The average Bonchev–Trinajstić information content (AvgIpc) is 2.57. The second-order valence-corrected chi connectivity index (χ2v) is 6.60. The van der Waals surface area contributed by atoms with Crippen LogP contribution in [0.15, 0.2) is 0 Å². The smallest absolute Gasteiger partial charge is 0.248 e. The lowest BCUT2D eigenvalue weighted by molar-refractivity contribution is -0.0481. The van der Waals surface area contributed by atoms with E-state index in [1.54, 1.807) is 11.3 Å². The molecular formula is C13H20F2N2S. The molecule has 2 N–H and O–H groups in total. The number of aryl methyl sites for hydroxylation is 2. The molecule has 1 saturated carbocycles. The molecule has 0 radical (unpaired) electrons. The van der Waals surface area contributed by atoms with Crippen LogP contribution in [0.4, 0.5) is 8.78 Å². The van der Waals surface area contributed by atoms with Crippen LogP contribution in [0.2, 0.25) is 0 Å². The zero-order chi connectivity index (χ0) is 13.3. The van der Waals surface area contributed by atoms with Crippen LogP contribution in [0.3, 0.4) is 0 Å². The number of alkyl halides is 2. The van der Waals surface area contributed by atoms with Gasteiger partial charge < -0.3 is 5.73 Å². The fraction of sp³-hybridized carbons (Fsp3) is 0.769. The Kier molecular flexibility index (Phi) is 4.02. The Balaban J connectivity index is 1.90. The van der Waals surface area contributed by atoms with Crippen molar-refractivity contribution in [3.05, 3.63) is 15.6 Å². The Bertz CT molecular complexity index is 388. The zero-order valence-electron chi connectivity index (χ0n) is 10.9. The first kappa shape index (κ1) is 13.9. The number of nitrogens with two attached hydrogens (primary N) is 1. The number of nitrogens with zero attached hydrogens (tertiary/aromatic N) is 1. The van der Waals surface area contributed by atoms with E-state index < -0.39 is 5.92 Å². The van der Waals surface area contributed by atoms with E-state index in [1.807, 2.05) is 13.8 Å². The summed E-state index contributed by atoms with van der Waals surface area (Å²) in [5.41, 5.74) is 7.20. The summed E-state index contributed by atoms with van der Waals surface area (Å²) >= 11 is 1.67. The Morgan fingerprint density at radius 3 is 2.50 bits per heavy atom. The fourth-order valence-corrected chi connectivity index (χ4v) is 3.49. The summed E-state index contributed by atoms with van der Waals surface area (Å²) in [6.07, 6.45) is 1.77. The van der Waals surface area contributed by atoms with E-state index >= 15 is 0 Å². The molecule has 0 aliphatic heterocycles. The second-order valence-electron chi connectivity index (χ2n) is 5.31. The molecule has 1 aliphatic rings. The van der Waals surface area contributed by atoms with Gasteiger partial charge >= 0.3 is 0 Å². The van der Waals surface area contributed by atoms with Gasteiger partial charge in [0.25, 0.3) is 0 Å². The highest BCUT2D eigenvalue weighted by Crippen LogP contribution is 2.37. The first-order valence-corrected chi connectivity index (χ1v) is 7.25. The molecule has 0 amide bonds. The molecule has 1 aromatic heterocycles. The maximum absolute atomic E-state index is 13.1. The van der Waals surface area contributed by atoms with Crippen LogP contribution in [-0.2, 0) is 6.42 Å². The topological polar surface area (TPSA) is 38.9 Å². The minimum Gasteiger partial charge on any atom is -0.327 e. The van der Waals surface area contributed by atoms with Crippen LogP contribution < -0.4 is 5.73 Å². The molecule has 0 saturated heterocycles. The molecule has 0 bridgehead atoms. The van der Waals surface area contributed by atoms with Crippen molar-refractivity contribution in [1.82, 2.24) is 4.98 Å². The summed E-state index contributed by atoms with van der Waals surface area (Å²) in [4.78, 5) is 5.68. The van der Waals surface area contributed by atoms with Gasteiger partial charge in [0.15, 0.2) is 0 Å². The summed E-state index contributed by atoms with van der Waals surface area (Å²) in [6.45, 7) is 4.03. The van der Waals surface area contributed by atoms with E-state index in [0.717, 1.165) is 17.1 Å². The first-order chi connectivity index (χ1) is 8.37. The van der Waals surface area contributed by atoms with Crippen molar-refractivity contribution < 1.29 is 8.78 Å². The molecule has 2 rings (SSSR count). The molecule has 1 atom stereocenters. The van der Waals surface area contributed by atoms with Crippen LogP contribution in [-0.4, -0.2) is 16.9 Å². The third-order valence-electron chi connectivity index (χ3n) is 3.85. The Hall–Kier alpha value is -0.550. The maximum Gasteiger partial charge on any atom is 0.248 e. The molecule has 0 aromatic carbocycles. The van der Waals surface area contributed by atoms with Crippen LogP contribution >= 0.6 is 11.3 Å². The van der Waals surface area contributed by atoms with E-state index in [-0.39, 0.29) is 24.8 Å². The quantitative estimate of drug-likeness (QED) is 0.916. The lowest BCUT2D eigenvalue weighted by Crippen LogP contribution is -2.37. The number of hydrogen-bond acceptors (Lipinski definition) is 3. The standard InChI is InChI=1S/C13H20F2N2S/c1-8-9(2)18-12(17-8)7-11(16)10-3-5-13(14,15)6-4-10/h10-11H,3-7,16H2,1-2H3. The van der Waals surface area contributed by atoms with Crippen LogP contribution in [0, 0.1) is 19.8 Å². The minimum absolute atomic E-state index is 0.0126. The fourth-order valence-electron chi connectivity index (χ4n) is 2.49. The molecule has 1 aromatic rings. The van der Waals surface area contributed by atoms with Gasteiger partial charge in [-0.25, -0.2) is 13.8 Å². The first-order valence-electron chi connectivity index (χ1n) is 6.44. The van der Waals surface area contributed by atoms with Gasteiger partial charge in [-0.15, -0.1) is 11.3 Å². The largest absolute Gasteiger partial charge is 0.327 e. The lowest BCUT2D eigenvalue weighted by Gasteiger charge is -2.31. The summed E-state index contributed by atoms with van der Waals surface area (Å²) in [7, 11) is 0. The molecule has 18 heavy (non-hydrogen) atoms. The number of hydrogen-bond donors (Lipinski definition) is 1. The summed E-state index contributed by atoms with van der Waals surface area (Å²) < 4.78 is 26.1. The molecule has 5 heteroatoms. The third-order valence-corrected chi connectivity index (χ3v) is 4.95. The monoisotopic (exact) mass is 274 g/mol. The van der Waals surface area contributed by atoms with Gasteiger partial charge in [-0.2, -0.15) is 0 Å². The van der Waals surface area contributed by atoms with Crippen molar-refractivity contribution in [3.8, 4) is 0 Å². The van der Waals surface area contributed by atoms with Gasteiger partial charge in [0, 0.05) is 30.2 Å². The van der Waals surface area contributed by atoms with Crippen LogP contribution in [0.5, 0.6) is 0 Å².